The molecule has 148 valence electrons. The summed E-state index contributed by atoms with van der Waals surface area (Å²) in [6, 6.07) is 8.70. The second kappa shape index (κ2) is 13.1. The SMILES string of the molecule is CN=C(NCCCSC)NCC1CCCN(C)C1c1cccc(Cl)c1.I. The first kappa shape index (κ1) is 23.9. The average molecular weight is 511 g/mol. The van der Waals surface area contributed by atoms with E-state index in [0.717, 1.165) is 37.0 Å². The van der Waals surface area contributed by atoms with Crippen molar-refractivity contribution >= 4 is 53.3 Å². The van der Waals surface area contributed by atoms with Gasteiger partial charge in [-0.15, -0.1) is 24.0 Å². The number of hydrogen-bond donors (Lipinski definition) is 2. The molecule has 2 atom stereocenters. The van der Waals surface area contributed by atoms with Gasteiger partial charge in [0.05, 0.1) is 0 Å². The number of benzene rings is 1. The molecule has 1 heterocycles. The van der Waals surface area contributed by atoms with Gasteiger partial charge in [0, 0.05) is 31.2 Å². The summed E-state index contributed by atoms with van der Waals surface area (Å²) in [5, 5.41) is 7.75. The molecule has 0 aromatic heterocycles. The highest BCUT2D eigenvalue weighted by Gasteiger charge is 2.30. The van der Waals surface area contributed by atoms with E-state index >= 15 is 0 Å². The largest absolute Gasteiger partial charge is 0.356 e. The molecule has 2 N–H and O–H groups in total. The number of hydrogen-bond acceptors (Lipinski definition) is 3. The van der Waals surface area contributed by atoms with Crippen LogP contribution in [0.15, 0.2) is 29.3 Å². The Balaban J connectivity index is 0.00000338. The summed E-state index contributed by atoms with van der Waals surface area (Å²) in [5.74, 6) is 2.62. The van der Waals surface area contributed by atoms with Crippen LogP contribution in [-0.2, 0) is 0 Å². The van der Waals surface area contributed by atoms with E-state index in [-0.39, 0.29) is 24.0 Å². The first-order chi connectivity index (χ1) is 12.2. The summed E-state index contributed by atoms with van der Waals surface area (Å²) in [6.45, 7) is 3.02. The maximum atomic E-state index is 6.23. The highest BCUT2D eigenvalue weighted by atomic mass is 127. The lowest BCUT2D eigenvalue weighted by molar-refractivity contribution is 0.122. The average Bonchev–Trinajstić information content (AvgIpc) is 2.61. The van der Waals surface area contributed by atoms with Crippen LogP contribution >= 0.6 is 47.3 Å². The van der Waals surface area contributed by atoms with Crippen molar-refractivity contribution in [2.24, 2.45) is 10.9 Å². The minimum Gasteiger partial charge on any atom is -0.356 e. The number of nitrogens with one attached hydrogen (secondary N) is 2. The molecule has 0 spiro atoms. The molecule has 2 unspecified atom stereocenters. The molecule has 4 nitrogen and oxygen atoms in total. The quantitative estimate of drug-likeness (QED) is 0.249. The van der Waals surface area contributed by atoms with Crippen LogP contribution in [0.25, 0.3) is 0 Å². The number of piperidine rings is 1. The molecule has 1 fully saturated rings. The van der Waals surface area contributed by atoms with Gasteiger partial charge in [-0.3, -0.25) is 9.89 Å². The standard InChI is InChI=1S/C19H31ClN4S.HI/c1-21-19(22-10-6-12-25-3)23-14-16-8-5-11-24(2)18(16)15-7-4-9-17(20)13-15;/h4,7,9,13,16,18H,5-6,8,10-12,14H2,1-3H3,(H2,21,22,23);1H. The van der Waals surface area contributed by atoms with Crippen LogP contribution in [-0.4, -0.2) is 56.6 Å². The smallest absolute Gasteiger partial charge is 0.190 e. The van der Waals surface area contributed by atoms with Crippen molar-refractivity contribution in [2.75, 3.05) is 45.7 Å². The zero-order chi connectivity index (χ0) is 18.1. The minimum atomic E-state index is 0. The third-order valence-corrected chi connectivity index (χ3v) is 5.70. The molecule has 1 aliphatic rings. The fourth-order valence-electron chi connectivity index (χ4n) is 3.56. The van der Waals surface area contributed by atoms with E-state index in [4.69, 9.17) is 11.6 Å². The number of likely N-dealkylation sites (tertiary alicyclic amines) is 1. The molecule has 7 heteroatoms. The predicted octanol–water partition coefficient (Wildman–Crippen LogP) is 4.26. The van der Waals surface area contributed by atoms with Crippen LogP contribution in [0.1, 0.15) is 30.9 Å². The molecular formula is C19H32ClIN4S. The molecule has 26 heavy (non-hydrogen) atoms. The summed E-state index contributed by atoms with van der Waals surface area (Å²) >= 11 is 8.11. The molecule has 1 aliphatic heterocycles. The van der Waals surface area contributed by atoms with Gasteiger partial charge in [-0.25, -0.2) is 0 Å². The monoisotopic (exact) mass is 510 g/mol. The van der Waals surface area contributed by atoms with Crippen molar-refractivity contribution in [3.63, 3.8) is 0 Å². The molecule has 1 aromatic rings. The van der Waals surface area contributed by atoms with Gasteiger partial charge in [0.15, 0.2) is 5.96 Å². The molecule has 0 aliphatic carbocycles. The Hall–Kier alpha value is -0.180. The van der Waals surface area contributed by atoms with E-state index < -0.39 is 0 Å². The molecule has 1 saturated heterocycles. The molecule has 2 rings (SSSR count). The van der Waals surface area contributed by atoms with Crippen LogP contribution in [0.2, 0.25) is 5.02 Å². The highest BCUT2D eigenvalue weighted by molar-refractivity contribution is 14.0. The van der Waals surface area contributed by atoms with Gasteiger partial charge < -0.3 is 10.6 Å². The summed E-state index contributed by atoms with van der Waals surface area (Å²) in [6.07, 6.45) is 5.75. The summed E-state index contributed by atoms with van der Waals surface area (Å²) in [4.78, 5) is 6.81. The lowest BCUT2D eigenvalue weighted by Crippen LogP contribution is -2.45. The lowest BCUT2D eigenvalue weighted by atomic mass is 9.85. The summed E-state index contributed by atoms with van der Waals surface area (Å²) in [5.41, 5.74) is 1.31. The van der Waals surface area contributed by atoms with Gasteiger partial charge in [0.25, 0.3) is 0 Å². The molecule has 0 saturated carbocycles. The molecule has 0 radical (unpaired) electrons. The number of nitrogens with zero attached hydrogens (tertiary/aromatic N) is 2. The third kappa shape index (κ3) is 7.44. The van der Waals surface area contributed by atoms with Gasteiger partial charge in [-0.05, 0) is 68.5 Å². The van der Waals surface area contributed by atoms with Crippen molar-refractivity contribution in [3.8, 4) is 0 Å². The number of guanidine groups is 1. The maximum Gasteiger partial charge on any atom is 0.190 e. The highest BCUT2D eigenvalue weighted by Crippen LogP contribution is 2.35. The van der Waals surface area contributed by atoms with E-state index in [0.29, 0.717) is 12.0 Å². The van der Waals surface area contributed by atoms with Crippen LogP contribution in [0, 0.1) is 5.92 Å². The Bertz CT molecular complexity index is 558. The number of halogens is 2. The fraction of sp³-hybridized carbons (Fsp3) is 0.632. The minimum absolute atomic E-state index is 0. The van der Waals surface area contributed by atoms with Gasteiger partial charge in [0.1, 0.15) is 0 Å². The van der Waals surface area contributed by atoms with Crippen molar-refractivity contribution in [1.29, 1.82) is 0 Å². The van der Waals surface area contributed by atoms with Crippen molar-refractivity contribution in [1.82, 2.24) is 15.5 Å². The number of aliphatic imine (C=N–C) groups is 1. The van der Waals surface area contributed by atoms with Crippen molar-refractivity contribution in [2.45, 2.75) is 25.3 Å². The van der Waals surface area contributed by atoms with Crippen LogP contribution in [0.4, 0.5) is 0 Å². The van der Waals surface area contributed by atoms with E-state index in [1.807, 2.05) is 24.9 Å². The predicted molar refractivity (Wildman–Crippen MR) is 127 cm³/mol. The normalized spacial score (nSPS) is 21.2. The second-order valence-corrected chi connectivity index (χ2v) is 8.03. The Morgan fingerprint density at radius 1 is 1.38 bits per heavy atom. The van der Waals surface area contributed by atoms with Crippen LogP contribution in [0.3, 0.4) is 0 Å². The molecule has 1 aromatic carbocycles. The Morgan fingerprint density at radius 2 is 2.19 bits per heavy atom. The Morgan fingerprint density at radius 3 is 2.88 bits per heavy atom. The number of thioether (sulfide) groups is 1. The first-order valence-electron chi connectivity index (χ1n) is 9.05. The Kier molecular flexibility index (Phi) is 12.0. The first-order valence-corrected chi connectivity index (χ1v) is 10.8. The van der Waals surface area contributed by atoms with Gasteiger partial charge in [-0.2, -0.15) is 11.8 Å². The van der Waals surface area contributed by atoms with E-state index in [9.17, 15) is 0 Å². The zero-order valence-electron chi connectivity index (χ0n) is 16.0. The van der Waals surface area contributed by atoms with E-state index in [1.165, 1.54) is 24.2 Å². The third-order valence-electron chi connectivity index (χ3n) is 4.77. The second-order valence-electron chi connectivity index (χ2n) is 6.61. The van der Waals surface area contributed by atoms with Crippen molar-refractivity contribution < 1.29 is 0 Å². The summed E-state index contributed by atoms with van der Waals surface area (Å²) in [7, 11) is 4.05. The zero-order valence-corrected chi connectivity index (χ0v) is 19.9. The van der Waals surface area contributed by atoms with Crippen molar-refractivity contribution in [3.05, 3.63) is 34.9 Å². The molecule has 0 bridgehead atoms. The number of rotatable bonds is 7. The van der Waals surface area contributed by atoms with Crippen LogP contribution < -0.4 is 10.6 Å². The van der Waals surface area contributed by atoms with Gasteiger partial charge in [0.2, 0.25) is 0 Å². The maximum absolute atomic E-state index is 6.23. The van der Waals surface area contributed by atoms with E-state index in [2.05, 4.69) is 52.0 Å². The molecule has 0 amide bonds. The Labute approximate surface area is 184 Å². The van der Waals surface area contributed by atoms with Crippen LogP contribution in [0.5, 0.6) is 0 Å². The fourth-order valence-corrected chi connectivity index (χ4v) is 4.19. The topological polar surface area (TPSA) is 39.7 Å². The van der Waals surface area contributed by atoms with E-state index in [1.54, 1.807) is 0 Å². The van der Waals surface area contributed by atoms with Gasteiger partial charge >= 0.3 is 0 Å². The molecular weight excluding hydrogens is 479 g/mol. The summed E-state index contributed by atoms with van der Waals surface area (Å²) < 4.78 is 0. The van der Waals surface area contributed by atoms with Gasteiger partial charge in [-0.1, -0.05) is 23.7 Å². The lowest BCUT2D eigenvalue weighted by Gasteiger charge is -2.40.